The van der Waals surface area contributed by atoms with Crippen molar-refractivity contribution in [2.75, 3.05) is 0 Å². The third-order valence-corrected chi connectivity index (χ3v) is 1.37. The summed E-state index contributed by atoms with van der Waals surface area (Å²) in [5.41, 5.74) is 8.90. The number of aryl methyl sites for hydroxylation is 1. The average Bonchev–Trinajstić information content (AvgIpc) is 2.07. The second-order valence-corrected chi connectivity index (χ2v) is 2.26. The zero-order chi connectivity index (χ0) is 8.97. The van der Waals surface area contributed by atoms with Crippen LogP contribution in [0.1, 0.15) is 11.4 Å². The molecule has 0 spiro atoms. The second-order valence-electron chi connectivity index (χ2n) is 2.26. The topological polar surface area (TPSA) is 61.7 Å². The van der Waals surface area contributed by atoms with Crippen LogP contribution in [0.15, 0.2) is 17.2 Å². The predicted molar refractivity (Wildman–Crippen MR) is 41.8 cm³/mol. The van der Waals surface area contributed by atoms with Crippen LogP contribution in [0, 0.1) is 12.7 Å². The molecule has 0 unspecified atom stereocenters. The lowest BCUT2D eigenvalue weighted by atomic mass is 10.3. The Balaban J connectivity index is 2.89. The molecule has 0 aliphatic heterocycles. The van der Waals surface area contributed by atoms with E-state index in [0.29, 0.717) is 11.4 Å². The Morgan fingerprint density at radius 2 is 2.42 bits per heavy atom. The van der Waals surface area contributed by atoms with Crippen molar-refractivity contribution in [1.82, 2.24) is 4.98 Å². The van der Waals surface area contributed by atoms with Gasteiger partial charge >= 0.3 is 0 Å². The largest absolute Gasteiger partial charge is 0.255 e. The molecule has 0 N–H and O–H groups in total. The molecule has 12 heavy (non-hydrogen) atoms. The minimum absolute atomic E-state index is 0.164. The summed E-state index contributed by atoms with van der Waals surface area (Å²) in [6.45, 7) is 1.73. The summed E-state index contributed by atoms with van der Waals surface area (Å²) in [6.07, 6.45) is 0. The van der Waals surface area contributed by atoms with Crippen LogP contribution in [0.4, 0.5) is 4.39 Å². The molecule has 0 amide bonds. The predicted octanol–water partition coefficient (Wildman–Crippen LogP) is 2.34. The van der Waals surface area contributed by atoms with Gasteiger partial charge in [0.05, 0.1) is 12.2 Å². The van der Waals surface area contributed by atoms with Gasteiger partial charge in [0.25, 0.3) is 0 Å². The fourth-order valence-corrected chi connectivity index (χ4v) is 0.788. The Labute approximate surface area is 68.7 Å². The molecule has 0 aliphatic carbocycles. The Bertz CT molecular complexity index is 330. The van der Waals surface area contributed by atoms with Gasteiger partial charge < -0.3 is 0 Å². The molecule has 5 heteroatoms. The molecule has 0 bridgehead atoms. The lowest BCUT2D eigenvalue weighted by molar-refractivity contribution is 0.607. The molecule has 0 saturated carbocycles. The minimum Gasteiger partial charge on any atom is -0.255 e. The molecule has 4 nitrogen and oxygen atoms in total. The van der Waals surface area contributed by atoms with Crippen molar-refractivity contribution < 1.29 is 4.39 Å². The van der Waals surface area contributed by atoms with Crippen molar-refractivity contribution in [2.45, 2.75) is 13.5 Å². The molecule has 1 heterocycles. The van der Waals surface area contributed by atoms with Crippen LogP contribution < -0.4 is 0 Å². The van der Waals surface area contributed by atoms with E-state index >= 15 is 0 Å². The van der Waals surface area contributed by atoms with E-state index < -0.39 is 0 Å². The number of nitrogens with zero attached hydrogens (tertiary/aromatic N) is 4. The lowest BCUT2D eigenvalue weighted by Crippen LogP contribution is -1.92. The SMILES string of the molecule is Cc1nc(CN=[N+]=[N-])ccc1F. The van der Waals surface area contributed by atoms with E-state index in [4.69, 9.17) is 5.53 Å². The van der Waals surface area contributed by atoms with Gasteiger partial charge in [0.1, 0.15) is 5.82 Å². The van der Waals surface area contributed by atoms with Crippen molar-refractivity contribution in [1.29, 1.82) is 0 Å². The van der Waals surface area contributed by atoms with Gasteiger partial charge in [-0.3, -0.25) is 4.98 Å². The highest BCUT2D eigenvalue weighted by Gasteiger charge is 1.98. The third-order valence-electron chi connectivity index (χ3n) is 1.37. The van der Waals surface area contributed by atoms with Gasteiger partial charge in [-0.25, -0.2) is 4.39 Å². The van der Waals surface area contributed by atoms with Crippen molar-refractivity contribution in [2.24, 2.45) is 5.11 Å². The van der Waals surface area contributed by atoms with Gasteiger partial charge in [-0.1, -0.05) is 5.11 Å². The first kappa shape index (κ1) is 8.49. The summed E-state index contributed by atoms with van der Waals surface area (Å²) >= 11 is 0. The number of rotatable bonds is 2. The first-order chi connectivity index (χ1) is 5.74. The molecule has 0 aliphatic rings. The van der Waals surface area contributed by atoms with Gasteiger partial charge in [0, 0.05) is 10.6 Å². The Morgan fingerprint density at radius 3 is 3.00 bits per heavy atom. The number of azide groups is 1. The highest BCUT2D eigenvalue weighted by atomic mass is 19.1. The van der Waals surface area contributed by atoms with Crippen molar-refractivity contribution in [3.05, 3.63) is 39.8 Å². The standard InChI is InChI=1S/C7H7FN4/c1-5-7(8)3-2-6(11-5)4-10-12-9/h2-3H,4H2,1H3. The normalized spacial score (nSPS) is 9.17. The van der Waals surface area contributed by atoms with Crippen LogP contribution in [0.2, 0.25) is 0 Å². The highest BCUT2D eigenvalue weighted by molar-refractivity contribution is 5.11. The molecule has 0 saturated heterocycles. The molecule has 0 radical (unpaired) electrons. The van der Waals surface area contributed by atoms with E-state index in [1.807, 2.05) is 0 Å². The molecule has 62 valence electrons. The lowest BCUT2D eigenvalue weighted by Gasteiger charge is -1.97. The monoisotopic (exact) mass is 166 g/mol. The molecule has 0 aromatic carbocycles. The Hall–Kier alpha value is -1.61. The van der Waals surface area contributed by atoms with Gasteiger partial charge in [-0.05, 0) is 24.6 Å². The second kappa shape index (κ2) is 3.69. The van der Waals surface area contributed by atoms with E-state index in [0.717, 1.165) is 0 Å². The van der Waals surface area contributed by atoms with E-state index in [1.54, 1.807) is 6.92 Å². The summed E-state index contributed by atoms with van der Waals surface area (Å²) in [4.78, 5) is 6.44. The Morgan fingerprint density at radius 1 is 1.67 bits per heavy atom. The molecule has 0 atom stereocenters. The zero-order valence-electron chi connectivity index (χ0n) is 6.53. The van der Waals surface area contributed by atoms with Gasteiger partial charge in [-0.2, -0.15) is 0 Å². The van der Waals surface area contributed by atoms with Crippen molar-refractivity contribution >= 4 is 0 Å². The van der Waals surface area contributed by atoms with Gasteiger partial charge in [0.2, 0.25) is 0 Å². The molecule has 1 aromatic rings. The Kier molecular flexibility index (Phi) is 2.61. The summed E-state index contributed by atoms with van der Waals surface area (Å²) in [6, 6.07) is 2.81. The smallest absolute Gasteiger partial charge is 0.144 e. The summed E-state index contributed by atoms with van der Waals surface area (Å²) < 4.78 is 12.7. The fourth-order valence-electron chi connectivity index (χ4n) is 0.788. The van der Waals surface area contributed by atoms with E-state index in [9.17, 15) is 4.39 Å². The molecule has 1 aromatic heterocycles. The number of pyridine rings is 1. The fraction of sp³-hybridized carbons (Fsp3) is 0.286. The first-order valence-electron chi connectivity index (χ1n) is 3.37. The number of hydrogen-bond acceptors (Lipinski definition) is 2. The zero-order valence-corrected chi connectivity index (χ0v) is 6.53. The minimum atomic E-state index is -0.348. The number of aromatic nitrogens is 1. The van der Waals surface area contributed by atoms with Crippen LogP contribution in [0.25, 0.3) is 10.4 Å². The number of hydrogen-bond donors (Lipinski definition) is 0. The quantitative estimate of drug-likeness (QED) is 0.378. The summed E-state index contributed by atoms with van der Waals surface area (Å²) in [5, 5.41) is 3.31. The average molecular weight is 166 g/mol. The van der Waals surface area contributed by atoms with Crippen LogP contribution in [0.3, 0.4) is 0 Å². The molecular formula is C7H7FN4. The van der Waals surface area contributed by atoms with Crippen LogP contribution in [-0.2, 0) is 6.54 Å². The first-order valence-corrected chi connectivity index (χ1v) is 3.37. The van der Waals surface area contributed by atoms with Crippen LogP contribution in [-0.4, -0.2) is 4.98 Å². The summed E-state index contributed by atoms with van der Waals surface area (Å²) in [7, 11) is 0. The molecular weight excluding hydrogens is 159 g/mol. The molecule has 0 fully saturated rings. The van der Waals surface area contributed by atoms with Crippen molar-refractivity contribution in [3.8, 4) is 0 Å². The van der Waals surface area contributed by atoms with Crippen LogP contribution in [0.5, 0.6) is 0 Å². The van der Waals surface area contributed by atoms with Crippen LogP contribution >= 0.6 is 0 Å². The molecule has 1 rings (SSSR count). The maximum absolute atomic E-state index is 12.7. The third kappa shape index (κ3) is 1.93. The van der Waals surface area contributed by atoms with E-state index in [2.05, 4.69) is 15.0 Å². The van der Waals surface area contributed by atoms with Gasteiger partial charge in [-0.15, -0.1) is 0 Å². The van der Waals surface area contributed by atoms with Crippen molar-refractivity contribution in [3.63, 3.8) is 0 Å². The van der Waals surface area contributed by atoms with E-state index in [-0.39, 0.29) is 12.4 Å². The highest BCUT2D eigenvalue weighted by Crippen LogP contribution is 2.05. The maximum atomic E-state index is 12.7. The maximum Gasteiger partial charge on any atom is 0.144 e. The number of halogens is 1. The van der Waals surface area contributed by atoms with E-state index in [1.165, 1.54) is 12.1 Å². The van der Waals surface area contributed by atoms with Gasteiger partial charge in [0.15, 0.2) is 0 Å². The summed E-state index contributed by atoms with van der Waals surface area (Å²) in [5.74, 6) is -0.348.